The molecule has 1 rings (SSSR count). The molecule has 0 spiro atoms. The minimum absolute atomic E-state index is 0.256. The summed E-state index contributed by atoms with van der Waals surface area (Å²) < 4.78 is 9.80. The Bertz CT molecular complexity index is 397. The van der Waals surface area contributed by atoms with Crippen LogP contribution < -0.4 is 15.8 Å². The van der Waals surface area contributed by atoms with Gasteiger partial charge in [0.1, 0.15) is 18.1 Å². The van der Waals surface area contributed by atoms with E-state index in [1.807, 2.05) is 0 Å². The van der Waals surface area contributed by atoms with Crippen LogP contribution >= 0.6 is 0 Å². The highest BCUT2D eigenvalue weighted by atomic mass is 16.5. The van der Waals surface area contributed by atoms with Gasteiger partial charge in [0.15, 0.2) is 5.82 Å². The molecule has 1 unspecified atom stereocenters. The number of aromatic nitrogens is 2. The maximum Gasteiger partial charge on any atom is 0.328 e. The van der Waals surface area contributed by atoms with Gasteiger partial charge in [0, 0.05) is 0 Å². The van der Waals surface area contributed by atoms with Crippen molar-refractivity contribution in [3.8, 4) is 5.88 Å². The number of hydrogen-bond acceptors (Lipinski definition) is 7. The monoisotopic (exact) mass is 240 g/mol. The van der Waals surface area contributed by atoms with E-state index in [4.69, 9.17) is 15.2 Å². The molecule has 1 aromatic rings. The quantitative estimate of drug-likeness (QED) is 0.720. The van der Waals surface area contributed by atoms with Crippen LogP contribution in [-0.4, -0.2) is 35.7 Å². The Kier molecular flexibility index (Phi) is 4.50. The van der Waals surface area contributed by atoms with Crippen LogP contribution in [0.3, 0.4) is 0 Å². The Hall–Kier alpha value is -2.05. The van der Waals surface area contributed by atoms with Crippen molar-refractivity contribution in [2.24, 2.45) is 0 Å². The lowest BCUT2D eigenvalue weighted by Crippen LogP contribution is -2.29. The summed E-state index contributed by atoms with van der Waals surface area (Å²) in [6, 6.07) is -0.545. The van der Waals surface area contributed by atoms with Gasteiger partial charge in [-0.3, -0.25) is 0 Å². The summed E-state index contributed by atoms with van der Waals surface area (Å²) in [6.07, 6.45) is 1.30. The van der Waals surface area contributed by atoms with E-state index < -0.39 is 6.04 Å². The summed E-state index contributed by atoms with van der Waals surface area (Å²) in [5, 5.41) is 2.84. The van der Waals surface area contributed by atoms with E-state index >= 15 is 0 Å². The molecule has 0 amide bonds. The third-order valence-corrected chi connectivity index (χ3v) is 2.03. The molecule has 1 atom stereocenters. The Balaban J connectivity index is 2.78. The van der Waals surface area contributed by atoms with Gasteiger partial charge in [-0.15, -0.1) is 0 Å². The van der Waals surface area contributed by atoms with Crippen molar-refractivity contribution < 1.29 is 14.3 Å². The molecule has 0 bridgehead atoms. The summed E-state index contributed by atoms with van der Waals surface area (Å²) in [4.78, 5) is 19.2. The number of nitrogens with one attached hydrogen (secondary N) is 1. The van der Waals surface area contributed by atoms with Crippen LogP contribution in [0.15, 0.2) is 6.33 Å². The van der Waals surface area contributed by atoms with Crippen molar-refractivity contribution in [3.05, 3.63) is 6.33 Å². The molecular formula is C10H16N4O3. The van der Waals surface area contributed by atoms with Crippen LogP contribution in [0.1, 0.15) is 13.8 Å². The highest BCUT2D eigenvalue weighted by Gasteiger charge is 2.17. The van der Waals surface area contributed by atoms with Gasteiger partial charge in [-0.1, -0.05) is 0 Å². The van der Waals surface area contributed by atoms with Crippen LogP contribution in [0.5, 0.6) is 5.88 Å². The molecule has 1 aromatic heterocycles. The number of methoxy groups -OCH3 is 1. The molecule has 0 aliphatic heterocycles. The average Bonchev–Trinajstić information content (AvgIpc) is 2.32. The second-order valence-corrected chi connectivity index (χ2v) is 3.26. The SMILES string of the molecule is CCOC(=O)C(C)Nc1ncnc(OC)c1N. The number of nitrogens with two attached hydrogens (primary N) is 1. The van der Waals surface area contributed by atoms with Crippen molar-refractivity contribution in [3.63, 3.8) is 0 Å². The summed E-state index contributed by atoms with van der Waals surface area (Å²) in [5.74, 6) is 0.237. The smallest absolute Gasteiger partial charge is 0.328 e. The maximum absolute atomic E-state index is 11.4. The van der Waals surface area contributed by atoms with Crippen molar-refractivity contribution in [2.45, 2.75) is 19.9 Å². The normalized spacial score (nSPS) is 11.7. The summed E-state index contributed by atoms with van der Waals surface area (Å²) in [5.41, 5.74) is 6.01. The number of rotatable bonds is 5. The zero-order valence-electron chi connectivity index (χ0n) is 10.1. The topological polar surface area (TPSA) is 99.4 Å². The van der Waals surface area contributed by atoms with E-state index in [1.165, 1.54) is 13.4 Å². The van der Waals surface area contributed by atoms with Crippen molar-refractivity contribution in [1.82, 2.24) is 9.97 Å². The first-order valence-corrected chi connectivity index (χ1v) is 5.17. The Morgan fingerprint density at radius 3 is 2.88 bits per heavy atom. The number of esters is 1. The highest BCUT2D eigenvalue weighted by Crippen LogP contribution is 2.24. The molecule has 7 nitrogen and oxygen atoms in total. The molecule has 1 heterocycles. The number of hydrogen-bond donors (Lipinski definition) is 2. The minimum atomic E-state index is -0.545. The van der Waals surface area contributed by atoms with Crippen molar-refractivity contribution in [1.29, 1.82) is 0 Å². The first-order valence-electron chi connectivity index (χ1n) is 5.17. The number of anilines is 2. The van der Waals surface area contributed by atoms with Gasteiger partial charge in [0.2, 0.25) is 5.88 Å². The van der Waals surface area contributed by atoms with E-state index in [-0.39, 0.29) is 17.5 Å². The zero-order chi connectivity index (χ0) is 12.8. The van der Waals surface area contributed by atoms with Crippen molar-refractivity contribution >= 4 is 17.5 Å². The molecule has 0 radical (unpaired) electrons. The number of carbonyl (C=O) groups is 1. The second kappa shape index (κ2) is 5.88. The Labute approximate surface area is 99.3 Å². The first-order chi connectivity index (χ1) is 8.10. The standard InChI is InChI=1S/C10H16N4O3/c1-4-17-10(15)6(2)14-8-7(11)9(16-3)13-5-12-8/h5-6H,4,11H2,1-3H3,(H,12,13,14). The Morgan fingerprint density at radius 2 is 2.29 bits per heavy atom. The van der Waals surface area contributed by atoms with Gasteiger partial charge in [-0.05, 0) is 13.8 Å². The first kappa shape index (κ1) is 13.0. The second-order valence-electron chi connectivity index (χ2n) is 3.26. The number of ether oxygens (including phenoxy) is 2. The van der Waals surface area contributed by atoms with Crippen LogP contribution in [0.2, 0.25) is 0 Å². The lowest BCUT2D eigenvalue weighted by molar-refractivity contribution is -0.143. The maximum atomic E-state index is 11.4. The number of carbonyl (C=O) groups excluding carboxylic acids is 1. The van der Waals surface area contributed by atoms with Gasteiger partial charge in [0.05, 0.1) is 13.7 Å². The molecule has 0 aromatic carbocycles. The molecular weight excluding hydrogens is 224 g/mol. The molecule has 0 fully saturated rings. The zero-order valence-corrected chi connectivity index (χ0v) is 10.1. The van der Waals surface area contributed by atoms with E-state index in [2.05, 4.69) is 15.3 Å². The molecule has 3 N–H and O–H groups in total. The van der Waals surface area contributed by atoms with Gasteiger partial charge in [0.25, 0.3) is 0 Å². The van der Waals surface area contributed by atoms with E-state index in [0.717, 1.165) is 0 Å². The Morgan fingerprint density at radius 1 is 1.59 bits per heavy atom. The van der Waals surface area contributed by atoms with Gasteiger partial charge >= 0.3 is 5.97 Å². The predicted octanol–water partition coefficient (Wildman–Crippen LogP) is 0.431. The molecule has 7 heteroatoms. The van der Waals surface area contributed by atoms with E-state index in [9.17, 15) is 4.79 Å². The van der Waals surface area contributed by atoms with Gasteiger partial charge in [-0.25, -0.2) is 9.78 Å². The summed E-state index contributed by atoms with van der Waals surface area (Å²) >= 11 is 0. The molecule has 0 saturated heterocycles. The predicted molar refractivity (Wildman–Crippen MR) is 62.7 cm³/mol. The summed E-state index contributed by atoms with van der Waals surface area (Å²) in [7, 11) is 1.46. The number of nitrogen functional groups attached to an aromatic ring is 1. The fourth-order valence-corrected chi connectivity index (χ4v) is 1.19. The van der Waals surface area contributed by atoms with E-state index in [1.54, 1.807) is 13.8 Å². The minimum Gasteiger partial charge on any atom is -0.479 e. The van der Waals surface area contributed by atoms with Gasteiger partial charge < -0.3 is 20.5 Å². The van der Waals surface area contributed by atoms with Crippen LogP contribution in [0.25, 0.3) is 0 Å². The molecule has 94 valence electrons. The summed E-state index contributed by atoms with van der Waals surface area (Å²) in [6.45, 7) is 3.73. The molecule has 0 aliphatic rings. The van der Waals surface area contributed by atoms with Crippen LogP contribution in [-0.2, 0) is 9.53 Å². The van der Waals surface area contributed by atoms with Crippen LogP contribution in [0.4, 0.5) is 11.5 Å². The van der Waals surface area contributed by atoms with E-state index in [0.29, 0.717) is 12.4 Å². The lowest BCUT2D eigenvalue weighted by Gasteiger charge is -2.15. The molecule has 0 aliphatic carbocycles. The van der Waals surface area contributed by atoms with Crippen LogP contribution in [0, 0.1) is 0 Å². The molecule has 17 heavy (non-hydrogen) atoms. The molecule has 0 saturated carbocycles. The highest BCUT2D eigenvalue weighted by molar-refractivity contribution is 5.80. The third kappa shape index (κ3) is 3.20. The average molecular weight is 240 g/mol. The third-order valence-electron chi connectivity index (χ3n) is 2.03. The van der Waals surface area contributed by atoms with Gasteiger partial charge in [-0.2, -0.15) is 4.98 Å². The fourth-order valence-electron chi connectivity index (χ4n) is 1.19. The van der Waals surface area contributed by atoms with Crippen molar-refractivity contribution in [2.75, 3.05) is 24.8 Å². The fraction of sp³-hybridized carbons (Fsp3) is 0.500. The number of nitrogens with zero attached hydrogens (tertiary/aromatic N) is 2. The lowest BCUT2D eigenvalue weighted by atomic mass is 10.3. The largest absolute Gasteiger partial charge is 0.479 e.